The first-order chi connectivity index (χ1) is 8.72. The lowest BCUT2D eigenvalue weighted by Gasteiger charge is -2.26. The van der Waals surface area contributed by atoms with Crippen molar-refractivity contribution < 1.29 is 4.39 Å². The lowest BCUT2D eigenvalue weighted by molar-refractivity contribution is 0.301. The minimum absolute atomic E-state index is 0.0590. The topological polar surface area (TPSA) is 38.0 Å². The summed E-state index contributed by atoms with van der Waals surface area (Å²) in [6, 6.07) is 4.84. The number of hydrogen-bond acceptors (Lipinski definition) is 2. The van der Waals surface area contributed by atoms with Crippen LogP contribution in [0, 0.1) is 11.7 Å². The van der Waals surface area contributed by atoms with Gasteiger partial charge in [0.25, 0.3) is 0 Å². The molecular formula is C14H20ClFN2. The fourth-order valence-corrected chi connectivity index (χ4v) is 3.09. The van der Waals surface area contributed by atoms with Crippen LogP contribution >= 0.6 is 11.6 Å². The fraction of sp³-hybridized carbons (Fsp3) is 0.571. The molecule has 3 N–H and O–H groups in total. The SMILES string of the molecule is NNC(CC1CCCCC1)c1cccc(F)c1Cl. The fourth-order valence-electron chi connectivity index (χ4n) is 2.83. The van der Waals surface area contributed by atoms with Crippen LogP contribution in [0.2, 0.25) is 5.02 Å². The van der Waals surface area contributed by atoms with Gasteiger partial charge in [0.05, 0.1) is 5.02 Å². The largest absolute Gasteiger partial charge is 0.271 e. The molecule has 0 saturated heterocycles. The molecule has 1 aliphatic carbocycles. The van der Waals surface area contributed by atoms with Gasteiger partial charge < -0.3 is 0 Å². The highest BCUT2D eigenvalue weighted by Gasteiger charge is 2.21. The summed E-state index contributed by atoms with van der Waals surface area (Å²) >= 11 is 6.01. The predicted octanol–water partition coefficient (Wildman–Crippen LogP) is 3.95. The smallest absolute Gasteiger partial charge is 0.142 e. The summed E-state index contributed by atoms with van der Waals surface area (Å²) in [6.45, 7) is 0. The number of nitrogens with two attached hydrogens (primary N) is 1. The molecular weight excluding hydrogens is 251 g/mol. The molecule has 1 aliphatic rings. The van der Waals surface area contributed by atoms with E-state index in [1.165, 1.54) is 38.2 Å². The highest BCUT2D eigenvalue weighted by Crippen LogP contribution is 2.34. The third-order valence-corrected chi connectivity index (χ3v) is 4.25. The van der Waals surface area contributed by atoms with Gasteiger partial charge in [0, 0.05) is 6.04 Å². The number of halogens is 2. The number of nitrogens with one attached hydrogen (secondary N) is 1. The van der Waals surface area contributed by atoms with E-state index in [1.807, 2.05) is 6.07 Å². The highest BCUT2D eigenvalue weighted by atomic mass is 35.5. The van der Waals surface area contributed by atoms with Crippen molar-refractivity contribution in [1.82, 2.24) is 5.43 Å². The van der Waals surface area contributed by atoms with Crippen LogP contribution in [0.4, 0.5) is 4.39 Å². The Morgan fingerprint density at radius 2 is 2.06 bits per heavy atom. The second kappa shape index (κ2) is 6.50. The van der Waals surface area contributed by atoms with Crippen LogP contribution in [0.15, 0.2) is 18.2 Å². The molecule has 0 bridgehead atoms. The normalized spacial score (nSPS) is 18.8. The lowest BCUT2D eigenvalue weighted by Crippen LogP contribution is -2.30. The van der Waals surface area contributed by atoms with Crippen molar-refractivity contribution >= 4 is 11.6 Å². The van der Waals surface area contributed by atoms with Crippen LogP contribution < -0.4 is 11.3 Å². The Kier molecular flexibility index (Phi) is 4.98. The average molecular weight is 271 g/mol. The van der Waals surface area contributed by atoms with Crippen molar-refractivity contribution in [3.05, 3.63) is 34.6 Å². The Labute approximate surface area is 113 Å². The summed E-state index contributed by atoms with van der Waals surface area (Å²) in [6.07, 6.45) is 7.32. The van der Waals surface area contributed by atoms with E-state index in [9.17, 15) is 4.39 Å². The molecule has 0 spiro atoms. The van der Waals surface area contributed by atoms with E-state index in [0.29, 0.717) is 5.92 Å². The van der Waals surface area contributed by atoms with Crippen LogP contribution in [-0.4, -0.2) is 0 Å². The minimum atomic E-state index is -0.377. The van der Waals surface area contributed by atoms with Crippen LogP contribution in [0.25, 0.3) is 0 Å². The van der Waals surface area contributed by atoms with Gasteiger partial charge in [0.1, 0.15) is 5.82 Å². The summed E-state index contributed by atoms with van der Waals surface area (Å²) < 4.78 is 13.5. The summed E-state index contributed by atoms with van der Waals surface area (Å²) in [7, 11) is 0. The van der Waals surface area contributed by atoms with Gasteiger partial charge >= 0.3 is 0 Å². The molecule has 1 atom stereocenters. The summed E-state index contributed by atoms with van der Waals surface area (Å²) in [5.41, 5.74) is 3.55. The Bertz CT molecular complexity index is 391. The molecule has 4 heteroatoms. The van der Waals surface area contributed by atoms with E-state index in [-0.39, 0.29) is 16.9 Å². The molecule has 1 fully saturated rings. The van der Waals surface area contributed by atoms with Crippen molar-refractivity contribution in [2.24, 2.45) is 11.8 Å². The first kappa shape index (κ1) is 13.8. The van der Waals surface area contributed by atoms with Crippen molar-refractivity contribution in [2.75, 3.05) is 0 Å². The standard InChI is InChI=1S/C14H20ClFN2/c15-14-11(7-4-8-12(14)16)13(18-17)9-10-5-2-1-3-6-10/h4,7-8,10,13,18H,1-3,5-6,9,17H2. The van der Waals surface area contributed by atoms with Crippen LogP contribution in [0.1, 0.15) is 50.1 Å². The molecule has 0 radical (unpaired) electrons. The van der Waals surface area contributed by atoms with Gasteiger partial charge in [-0.2, -0.15) is 0 Å². The first-order valence-corrected chi connectivity index (χ1v) is 7.00. The number of hydrazine groups is 1. The maximum atomic E-state index is 13.5. The van der Waals surface area contributed by atoms with E-state index in [2.05, 4.69) is 5.43 Å². The van der Waals surface area contributed by atoms with Crippen molar-refractivity contribution in [2.45, 2.75) is 44.6 Å². The van der Waals surface area contributed by atoms with Gasteiger partial charge in [-0.1, -0.05) is 55.8 Å². The Hall–Kier alpha value is -0.640. The maximum Gasteiger partial charge on any atom is 0.142 e. The van der Waals surface area contributed by atoms with Crippen molar-refractivity contribution in [1.29, 1.82) is 0 Å². The summed E-state index contributed by atoms with van der Waals surface area (Å²) in [5, 5.41) is 0.191. The molecule has 2 rings (SSSR count). The highest BCUT2D eigenvalue weighted by molar-refractivity contribution is 6.31. The number of rotatable bonds is 4. The molecule has 1 aromatic rings. The van der Waals surface area contributed by atoms with E-state index < -0.39 is 0 Å². The maximum absolute atomic E-state index is 13.5. The van der Waals surface area contributed by atoms with Gasteiger partial charge in [-0.15, -0.1) is 0 Å². The van der Waals surface area contributed by atoms with Crippen LogP contribution in [0.3, 0.4) is 0 Å². The molecule has 1 saturated carbocycles. The van der Waals surface area contributed by atoms with Gasteiger partial charge in [-0.3, -0.25) is 11.3 Å². The number of benzene rings is 1. The zero-order valence-corrected chi connectivity index (χ0v) is 11.2. The Morgan fingerprint density at radius 3 is 2.72 bits per heavy atom. The van der Waals surface area contributed by atoms with Gasteiger partial charge in [0.2, 0.25) is 0 Å². The Balaban J connectivity index is 2.09. The molecule has 18 heavy (non-hydrogen) atoms. The van der Waals surface area contributed by atoms with Gasteiger partial charge in [-0.25, -0.2) is 4.39 Å². The second-order valence-corrected chi connectivity index (χ2v) is 5.48. The zero-order valence-electron chi connectivity index (χ0n) is 10.5. The van der Waals surface area contributed by atoms with E-state index >= 15 is 0 Å². The molecule has 0 heterocycles. The number of hydrogen-bond donors (Lipinski definition) is 2. The molecule has 0 aliphatic heterocycles. The van der Waals surface area contributed by atoms with Crippen LogP contribution in [0.5, 0.6) is 0 Å². The first-order valence-electron chi connectivity index (χ1n) is 6.62. The lowest BCUT2D eigenvalue weighted by atomic mass is 9.83. The predicted molar refractivity (Wildman–Crippen MR) is 72.7 cm³/mol. The third kappa shape index (κ3) is 3.22. The van der Waals surface area contributed by atoms with E-state index in [0.717, 1.165) is 12.0 Å². The Morgan fingerprint density at radius 1 is 1.33 bits per heavy atom. The molecule has 0 aromatic heterocycles. The third-order valence-electron chi connectivity index (χ3n) is 3.85. The molecule has 100 valence electrons. The average Bonchev–Trinajstić information content (AvgIpc) is 2.41. The quantitative estimate of drug-likeness (QED) is 0.642. The van der Waals surface area contributed by atoms with Gasteiger partial charge in [-0.05, 0) is 24.0 Å². The monoisotopic (exact) mass is 270 g/mol. The molecule has 2 nitrogen and oxygen atoms in total. The van der Waals surface area contributed by atoms with E-state index in [4.69, 9.17) is 17.4 Å². The summed E-state index contributed by atoms with van der Waals surface area (Å²) in [4.78, 5) is 0. The van der Waals surface area contributed by atoms with Crippen molar-refractivity contribution in [3.63, 3.8) is 0 Å². The molecule has 1 unspecified atom stereocenters. The zero-order chi connectivity index (χ0) is 13.0. The van der Waals surface area contributed by atoms with Crippen molar-refractivity contribution in [3.8, 4) is 0 Å². The minimum Gasteiger partial charge on any atom is -0.271 e. The van der Waals surface area contributed by atoms with Crippen LogP contribution in [-0.2, 0) is 0 Å². The van der Waals surface area contributed by atoms with Gasteiger partial charge in [0.15, 0.2) is 0 Å². The molecule has 1 aromatic carbocycles. The molecule has 0 amide bonds. The second-order valence-electron chi connectivity index (χ2n) is 5.10. The summed E-state index contributed by atoms with van der Waals surface area (Å²) in [5.74, 6) is 5.90. The van der Waals surface area contributed by atoms with E-state index in [1.54, 1.807) is 6.07 Å².